The molecule has 0 spiro atoms. The van der Waals surface area contributed by atoms with Crippen molar-refractivity contribution in [3.05, 3.63) is 118 Å². The molecule has 0 bridgehead atoms. The van der Waals surface area contributed by atoms with E-state index in [0.717, 1.165) is 27.5 Å². The second-order valence-corrected chi connectivity index (χ2v) is 9.82. The summed E-state index contributed by atoms with van der Waals surface area (Å²) in [6, 6.07) is 28.7. The van der Waals surface area contributed by atoms with Crippen molar-refractivity contribution in [2.45, 2.75) is 38.8 Å². The Hall–Kier alpha value is -3.34. The summed E-state index contributed by atoms with van der Waals surface area (Å²) < 4.78 is 0. The van der Waals surface area contributed by atoms with Crippen LogP contribution < -0.4 is 5.32 Å². The van der Waals surface area contributed by atoms with Gasteiger partial charge in [-0.2, -0.15) is 0 Å². The van der Waals surface area contributed by atoms with E-state index < -0.39 is 6.04 Å². The Morgan fingerprint density at radius 2 is 1.57 bits per heavy atom. The summed E-state index contributed by atoms with van der Waals surface area (Å²) in [4.78, 5) is 28.8. The lowest BCUT2D eigenvalue weighted by molar-refractivity contribution is -0.141. The third-order valence-electron chi connectivity index (χ3n) is 6.45. The number of nitrogens with one attached hydrogen (secondary N) is 1. The van der Waals surface area contributed by atoms with Crippen LogP contribution in [-0.2, 0) is 29.0 Å². The molecule has 190 valence electrons. The highest BCUT2D eigenvalue weighted by Gasteiger charge is 2.30. The maximum Gasteiger partial charge on any atom is 0.243 e. The van der Waals surface area contributed by atoms with E-state index in [1.165, 1.54) is 0 Å². The second kappa shape index (κ2) is 12.8. The van der Waals surface area contributed by atoms with Crippen LogP contribution in [0.3, 0.4) is 0 Å². The number of fused-ring (bicyclic) bond motifs is 1. The largest absolute Gasteiger partial charge is 0.355 e. The van der Waals surface area contributed by atoms with Gasteiger partial charge in [0, 0.05) is 25.9 Å². The first-order valence-corrected chi connectivity index (χ1v) is 13.2. The first-order chi connectivity index (χ1) is 18.0. The van der Waals surface area contributed by atoms with Crippen LogP contribution in [0.15, 0.2) is 91.0 Å². The smallest absolute Gasteiger partial charge is 0.243 e. The molecule has 0 aromatic heterocycles. The van der Waals surface area contributed by atoms with Crippen LogP contribution in [0.4, 0.5) is 0 Å². The molecule has 1 unspecified atom stereocenters. The number of halogens is 2. The Morgan fingerprint density at radius 3 is 2.32 bits per heavy atom. The predicted molar refractivity (Wildman–Crippen MR) is 152 cm³/mol. The number of rotatable bonds is 10. The van der Waals surface area contributed by atoms with Gasteiger partial charge in [0.2, 0.25) is 11.8 Å². The van der Waals surface area contributed by atoms with Gasteiger partial charge < -0.3 is 10.2 Å². The molecule has 4 aromatic rings. The highest BCUT2D eigenvalue weighted by Crippen LogP contribution is 2.25. The average Bonchev–Trinajstić information content (AvgIpc) is 2.92. The topological polar surface area (TPSA) is 49.4 Å². The average molecular weight is 533 g/mol. The Balaban J connectivity index is 1.64. The van der Waals surface area contributed by atoms with Gasteiger partial charge in [-0.15, -0.1) is 0 Å². The number of hydrogen-bond acceptors (Lipinski definition) is 2. The number of carbonyl (C=O) groups excluding carboxylic acids is 2. The van der Waals surface area contributed by atoms with Gasteiger partial charge in [0.05, 0.1) is 10.0 Å². The molecule has 4 aromatic carbocycles. The highest BCUT2D eigenvalue weighted by atomic mass is 35.5. The lowest BCUT2D eigenvalue weighted by atomic mass is 9.99. The molecule has 4 nitrogen and oxygen atoms in total. The molecule has 0 aliphatic heterocycles. The zero-order valence-electron chi connectivity index (χ0n) is 20.8. The van der Waals surface area contributed by atoms with Crippen molar-refractivity contribution in [2.24, 2.45) is 0 Å². The summed E-state index contributed by atoms with van der Waals surface area (Å²) >= 11 is 12.4. The lowest BCUT2D eigenvalue weighted by Crippen LogP contribution is -2.50. The minimum absolute atomic E-state index is 0.0915. The van der Waals surface area contributed by atoms with Crippen LogP contribution in [0.5, 0.6) is 0 Å². The summed E-state index contributed by atoms with van der Waals surface area (Å²) in [6.07, 6.45) is 1.26. The quantitative estimate of drug-likeness (QED) is 0.242. The normalized spacial score (nSPS) is 11.8. The molecule has 0 aliphatic carbocycles. The number of nitrogens with zero attached hydrogens (tertiary/aromatic N) is 1. The van der Waals surface area contributed by atoms with Crippen LogP contribution in [0.1, 0.15) is 30.0 Å². The van der Waals surface area contributed by atoms with Crippen molar-refractivity contribution in [1.82, 2.24) is 10.2 Å². The summed E-state index contributed by atoms with van der Waals surface area (Å²) in [7, 11) is 0. The Labute approximate surface area is 228 Å². The number of hydrogen-bond donors (Lipinski definition) is 1. The monoisotopic (exact) mass is 532 g/mol. The fourth-order valence-corrected chi connectivity index (χ4v) is 4.90. The molecule has 1 N–H and O–H groups in total. The summed E-state index contributed by atoms with van der Waals surface area (Å²) in [5, 5.41) is 6.07. The van der Waals surface area contributed by atoms with E-state index in [4.69, 9.17) is 23.2 Å². The number of aryl methyl sites for hydroxylation is 1. The molecule has 0 aliphatic rings. The molecular weight excluding hydrogens is 503 g/mol. The van der Waals surface area contributed by atoms with Gasteiger partial charge in [-0.25, -0.2) is 0 Å². The summed E-state index contributed by atoms with van der Waals surface area (Å²) in [6.45, 7) is 2.61. The standard InChI is InChI=1S/C31H30Cl2N2O2/c1-2-34-31(37)29(20-22-9-4-3-5-10-22)35(21-23-15-17-27(32)28(33)19-23)30(36)18-16-25-13-8-12-24-11-6-7-14-26(24)25/h3-15,17,19,29H,2,16,18,20-21H2,1H3,(H,34,37). The molecule has 6 heteroatoms. The predicted octanol–water partition coefficient (Wildman–Crippen LogP) is 6.86. The molecular formula is C31H30Cl2N2O2. The third kappa shape index (κ3) is 6.91. The maximum absolute atomic E-state index is 13.8. The Kier molecular flexibility index (Phi) is 9.21. The zero-order valence-corrected chi connectivity index (χ0v) is 22.3. The summed E-state index contributed by atoms with van der Waals surface area (Å²) in [5.41, 5.74) is 2.91. The second-order valence-electron chi connectivity index (χ2n) is 9.01. The molecule has 2 amide bonds. The van der Waals surface area contributed by atoms with Crippen molar-refractivity contribution < 1.29 is 9.59 Å². The molecule has 0 saturated heterocycles. The Morgan fingerprint density at radius 1 is 0.838 bits per heavy atom. The number of amides is 2. The van der Waals surface area contributed by atoms with E-state index >= 15 is 0 Å². The molecule has 1 atom stereocenters. The highest BCUT2D eigenvalue weighted by molar-refractivity contribution is 6.42. The SMILES string of the molecule is CCNC(=O)C(Cc1ccccc1)N(Cc1ccc(Cl)c(Cl)c1)C(=O)CCc1cccc2ccccc12. The minimum Gasteiger partial charge on any atom is -0.355 e. The van der Waals surface area contributed by atoms with E-state index in [0.29, 0.717) is 29.4 Å². The van der Waals surface area contributed by atoms with Gasteiger partial charge >= 0.3 is 0 Å². The van der Waals surface area contributed by atoms with Crippen LogP contribution in [0, 0.1) is 0 Å². The van der Waals surface area contributed by atoms with Crippen molar-refractivity contribution in [3.63, 3.8) is 0 Å². The van der Waals surface area contributed by atoms with Crippen molar-refractivity contribution in [1.29, 1.82) is 0 Å². The molecule has 37 heavy (non-hydrogen) atoms. The van der Waals surface area contributed by atoms with Gasteiger partial charge in [0.15, 0.2) is 0 Å². The van der Waals surface area contributed by atoms with Gasteiger partial charge in [-0.05, 0) is 52.9 Å². The summed E-state index contributed by atoms with van der Waals surface area (Å²) in [5.74, 6) is -0.267. The van der Waals surface area contributed by atoms with Crippen LogP contribution in [0.2, 0.25) is 10.0 Å². The van der Waals surface area contributed by atoms with Crippen LogP contribution in [-0.4, -0.2) is 29.3 Å². The van der Waals surface area contributed by atoms with E-state index in [-0.39, 0.29) is 24.8 Å². The third-order valence-corrected chi connectivity index (χ3v) is 7.19. The van der Waals surface area contributed by atoms with Gasteiger partial charge in [0.25, 0.3) is 0 Å². The fraction of sp³-hybridized carbons (Fsp3) is 0.226. The number of carbonyl (C=O) groups is 2. The Bertz CT molecular complexity index is 1370. The van der Waals surface area contributed by atoms with Crippen molar-refractivity contribution >= 4 is 45.8 Å². The van der Waals surface area contributed by atoms with E-state index in [1.807, 2.05) is 61.5 Å². The molecule has 0 heterocycles. The first kappa shape index (κ1) is 26.7. The zero-order chi connectivity index (χ0) is 26.2. The van der Waals surface area contributed by atoms with E-state index in [9.17, 15) is 9.59 Å². The minimum atomic E-state index is -0.670. The first-order valence-electron chi connectivity index (χ1n) is 12.5. The molecule has 0 saturated carbocycles. The lowest BCUT2D eigenvalue weighted by Gasteiger charge is -2.31. The van der Waals surface area contributed by atoms with Crippen molar-refractivity contribution in [3.8, 4) is 0 Å². The van der Waals surface area contributed by atoms with E-state index in [2.05, 4.69) is 29.6 Å². The van der Waals surface area contributed by atoms with Crippen molar-refractivity contribution in [2.75, 3.05) is 6.54 Å². The van der Waals surface area contributed by atoms with Gasteiger partial charge in [-0.3, -0.25) is 9.59 Å². The molecule has 4 rings (SSSR count). The van der Waals surface area contributed by atoms with E-state index in [1.54, 1.807) is 17.0 Å². The van der Waals surface area contributed by atoms with Gasteiger partial charge in [0.1, 0.15) is 6.04 Å². The van der Waals surface area contributed by atoms with Crippen LogP contribution >= 0.6 is 23.2 Å². The fourth-order valence-electron chi connectivity index (χ4n) is 4.58. The van der Waals surface area contributed by atoms with Gasteiger partial charge in [-0.1, -0.05) is 102 Å². The number of likely N-dealkylation sites (N-methyl/N-ethyl adjacent to an activating group) is 1. The number of benzene rings is 4. The molecule has 0 radical (unpaired) electrons. The van der Waals surface area contributed by atoms with Crippen LogP contribution in [0.25, 0.3) is 10.8 Å². The molecule has 0 fully saturated rings. The maximum atomic E-state index is 13.8.